The van der Waals surface area contributed by atoms with Crippen LogP contribution in [0.1, 0.15) is 20.8 Å². The third kappa shape index (κ3) is 3.49. The van der Waals surface area contributed by atoms with E-state index in [1.165, 1.54) is 0 Å². The van der Waals surface area contributed by atoms with E-state index in [1.54, 1.807) is 18.2 Å². The van der Waals surface area contributed by atoms with Gasteiger partial charge in [0.05, 0.1) is 5.02 Å². The summed E-state index contributed by atoms with van der Waals surface area (Å²) in [5.41, 5.74) is 0.758. The molecule has 1 rings (SSSR count). The SMILES string of the molecule is CC(C)C(C)C(=O)Nc1ccc(Cl)c(Br)c1. The molecule has 0 heterocycles. The first kappa shape index (κ1) is 13.5. The van der Waals surface area contributed by atoms with E-state index < -0.39 is 0 Å². The largest absolute Gasteiger partial charge is 0.326 e. The standard InChI is InChI=1S/C12H15BrClNO/c1-7(2)8(3)12(16)15-9-4-5-11(14)10(13)6-9/h4-8H,1-3H3,(H,15,16). The van der Waals surface area contributed by atoms with Crippen LogP contribution in [0.15, 0.2) is 22.7 Å². The normalized spacial score (nSPS) is 12.6. The van der Waals surface area contributed by atoms with Crippen molar-refractivity contribution in [3.63, 3.8) is 0 Å². The van der Waals surface area contributed by atoms with Crippen molar-refractivity contribution in [2.24, 2.45) is 11.8 Å². The molecule has 0 aliphatic rings. The Labute approximate surface area is 110 Å². The van der Waals surface area contributed by atoms with Gasteiger partial charge in [0.25, 0.3) is 0 Å². The van der Waals surface area contributed by atoms with E-state index in [9.17, 15) is 4.79 Å². The van der Waals surface area contributed by atoms with E-state index in [0.29, 0.717) is 10.9 Å². The molecule has 1 aromatic rings. The number of amides is 1. The molecule has 0 fully saturated rings. The second-order valence-electron chi connectivity index (χ2n) is 4.15. The minimum atomic E-state index is -0.00514. The maximum atomic E-state index is 11.8. The molecule has 0 radical (unpaired) electrons. The molecule has 2 nitrogen and oxygen atoms in total. The number of nitrogens with one attached hydrogen (secondary N) is 1. The zero-order valence-electron chi connectivity index (χ0n) is 9.55. The van der Waals surface area contributed by atoms with Gasteiger partial charge in [-0.15, -0.1) is 0 Å². The summed E-state index contributed by atoms with van der Waals surface area (Å²) in [4.78, 5) is 11.8. The Bertz CT molecular complexity index is 393. The summed E-state index contributed by atoms with van der Waals surface area (Å²) in [5, 5.41) is 3.50. The molecule has 0 aliphatic carbocycles. The van der Waals surface area contributed by atoms with Crippen LogP contribution in [0.5, 0.6) is 0 Å². The Morgan fingerprint density at radius 1 is 1.38 bits per heavy atom. The first-order chi connectivity index (χ1) is 7.41. The van der Waals surface area contributed by atoms with Crippen molar-refractivity contribution in [2.45, 2.75) is 20.8 Å². The fraction of sp³-hybridized carbons (Fsp3) is 0.417. The van der Waals surface area contributed by atoms with Crippen LogP contribution in [0.2, 0.25) is 5.02 Å². The summed E-state index contributed by atoms with van der Waals surface area (Å²) in [6, 6.07) is 5.34. The first-order valence-corrected chi connectivity index (χ1v) is 6.35. The van der Waals surface area contributed by atoms with E-state index in [1.807, 2.05) is 20.8 Å². The van der Waals surface area contributed by atoms with E-state index in [2.05, 4.69) is 21.2 Å². The molecule has 0 aromatic heterocycles. The average Bonchev–Trinajstić information content (AvgIpc) is 2.22. The molecule has 1 unspecified atom stereocenters. The summed E-state index contributed by atoms with van der Waals surface area (Å²) < 4.78 is 0.782. The van der Waals surface area contributed by atoms with Gasteiger partial charge in [0, 0.05) is 16.1 Å². The van der Waals surface area contributed by atoms with Crippen LogP contribution in [0.3, 0.4) is 0 Å². The summed E-state index contributed by atoms with van der Waals surface area (Å²) in [5.74, 6) is 0.356. The van der Waals surface area contributed by atoms with Gasteiger partial charge >= 0.3 is 0 Å². The van der Waals surface area contributed by atoms with Crippen LogP contribution in [0.25, 0.3) is 0 Å². The molecular formula is C12H15BrClNO. The Hall–Kier alpha value is -0.540. The predicted molar refractivity (Wildman–Crippen MR) is 71.8 cm³/mol. The number of halogens is 2. The first-order valence-electron chi connectivity index (χ1n) is 5.17. The van der Waals surface area contributed by atoms with Crippen molar-refractivity contribution in [3.05, 3.63) is 27.7 Å². The second-order valence-corrected chi connectivity index (χ2v) is 5.41. The molecule has 88 valence electrons. The molecule has 0 saturated carbocycles. The van der Waals surface area contributed by atoms with Crippen LogP contribution in [0.4, 0.5) is 5.69 Å². The lowest BCUT2D eigenvalue weighted by Gasteiger charge is -2.15. The fourth-order valence-electron chi connectivity index (χ4n) is 1.13. The molecule has 4 heteroatoms. The molecule has 1 atom stereocenters. The van der Waals surface area contributed by atoms with Crippen molar-refractivity contribution in [2.75, 3.05) is 5.32 Å². The lowest BCUT2D eigenvalue weighted by molar-refractivity contribution is -0.120. The molecular weight excluding hydrogens is 289 g/mol. The summed E-state index contributed by atoms with van der Waals surface area (Å²) >= 11 is 9.19. The highest BCUT2D eigenvalue weighted by Crippen LogP contribution is 2.26. The molecule has 1 N–H and O–H groups in total. The second kappa shape index (κ2) is 5.69. The monoisotopic (exact) mass is 303 g/mol. The van der Waals surface area contributed by atoms with Crippen molar-refractivity contribution < 1.29 is 4.79 Å². The molecule has 1 amide bonds. The van der Waals surface area contributed by atoms with Gasteiger partial charge in [-0.2, -0.15) is 0 Å². The average molecular weight is 305 g/mol. The zero-order valence-corrected chi connectivity index (χ0v) is 11.9. The maximum absolute atomic E-state index is 11.8. The third-order valence-corrected chi connectivity index (χ3v) is 3.81. The topological polar surface area (TPSA) is 29.1 Å². The maximum Gasteiger partial charge on any atom is 0.227 e. The van der Waals surface area contributed by atoms with E-state index >= 15 is 0 Å². The van der Waals surface area contributed by atoms with Crippen molar-refractivity contribution in [1.82, 2.24) is 0 Å². The fourth-order valence-corrected chi connectivity index (χ4v) is 1.63. The van der Waals surface area contributed by atoms with E-state index in [4.69, 9.17) is 11.6 Å². The van der Waals surface area contributed by atoms with Gasteiger partial charge in [0.2, 0.25) is 5.91 Å². The lowest BCUT2D eigenvalue weighted by Crippen LogP contribution is -2.24. The lowest BCUT2D eigenvalue weighted by atomic mass is 9.97. The van der Waals surface area contributed by atoms with Gasteiger partial charge in [-0.1, -0.05) is 32.4 Å². The number of carbonyl (C=O) groups is 1. The van der Waals surface area contributed by atoms with E-state index in [-0.39, 0.29) is 11.8 Å². The summed E-state index contributed by atoms with van der Waals surface area (Å²) in [6.45, 7) is 5.98. The molecule has 0 aliphatic heterocycles. The van der Waals surface area contributed by atoms with E-state index in [0.717, 1.165) is 10.2 Å². The highest BCUT2D eigenvalue weighted by atomic mass is 79.9. The third-order valence-electron chi connectivity index (χ3n) is 2.60. The minimum Gasteiger partial charge on any atom is -0.326 e. The molecule has 0 saturated heterocycles. The minimum absolute atomic E-state index is 0.00514. The van der Waals surface area contributed by atoms with Gasteiger partial charge in [-0.25, -0.2) is 0 Å². The Morgan fingerprint density at radius 2 is 2.00 bits per heavy atom. The number of carbonyl (C=O) groups excluding carboxylic acids is 1. The number of anilines is 1. The number of hydrogen-bond acceptors (Lipinski definition) is 1. The van der Waals surface area contributed by atoms with Gasteiger partial charge < -0.3 is 5.32 Å². The molecule has 16 heavy (non-hydrogen) atoms. The molecule has 0 spiro atoms. The predicted octanol–water partition coefficient (Wildman–Crippen LogP) is 4.33. The van der Waals surface area contributed by atoms with Crippen LogP contribution in [0, 0.1) is 11.8 Å². The Balaban J connectivity index is 2.74. The number of benzene rings is 1. The van der Waals surface area contributed by atoms with Crippen LogP contribution < -0.4 is 5.32 Å². The number of rotatable bonds is 3. The van der Waals surface area contributed by atoms with Gasteiger partial charge in [-0.3, -0.25) is 4.79 Å². The van der Waals surface area contributed by atoms with Gasteiger partial charge in [0.15, 0.2) is 0 Å². The Kier molecular flexibility index (Phi) is 4.81. The van der Waals surface area contributed by atoms with Gasteiger partial charge in [0.1, 0.15) is 0 Å². The number of hydrogen-bond donors (Lipinski definition) is 1. The Morgan fingerprint density at radius 3 is 2.50 bits per heavy atom. The van der Waals surface area contributed by atoms with Crippen LogP contribution in [-0.2, 0) is 4.79 Å². The van der Waals surface area contributed by atoms with Crippen molar-refractivity contribution in [1.29, 1.82) is 0 Å². The smallest absolute Gasteiger partial charge is 0.227 e. The highest BCUT2D eigenvalue weighted by molar-refractivity contribution is 9.10. The quantitative estimate of drug-likeness (QED) is 0.884. The van der Waals surface area contributed by atoms with Crippen LogP contribution >= 0.6 is 27.5 Å². The summed E-state index contributed by atoms with van der Waals surface area (Å²) in [6.07, 6.45) is 0. The molecule has 1 aromatic carbocycles. The zero-order chi connectivity index (χ0) is 12.3. The highest BCUT2D eigenvalue weighted by Gasteiger charge is 2.16. The summed E-state index contributed by atoms with van der Waals surface area (Å²) in [7, 11) is 0. The van der Waals surface area contributed by atoms with Crippen molar-refractivity contribution >= 4 is 39.1 Å². The van der Waals surface area contributed by atoms with Crippen molar-refractivity contribution in [3.8, 4) is 0 Å². The van der Waals surface area contributed by atoms with Gasteiger partial charge in [-0.05, 0) is 40.0 Å². The molecule has 0 bridgehead atoms. The van der Waals surface area contributed by atoms with Crippen LogP contribution in [-0.4, -0.2) is 5.91 Å².